The van der Waals surface area contributed by atoms with Crippen molar-refractivity contribution < 1.29 is 18.7 Å². The van der Waals surface area contributed by atoms with Gasteiger partial charge in [0.1, 0.15) is 16.9 Å². The summed E-state index contributed by atoms with van der Waals surface area (Å²) < 4.78 is 24.5. The molecular formula is C33H33FN8O3. The van der Waals surface area contributed by atoms with Crippen molar-refractivity contribution in [3.05, 3.63) is 59.7 Å². The van der Waals surface area contributed by atoms with Crippen molar-refractivity contribution >= 4 is 33.9 Å². The summed E-state index contributed by atoms with van der Waals surface area (Å²) in [4.78, 5) is 41.0. The molecule has 3 aliphatic rings. The number of nitrogens with two attached hydrogens (primary N) is 2. The van der Waals surface area contributed by atoms with E-state index in [4.69, 9.17) is 26.2 Å². The van der Waals surface area contributed by atoms with Crippen LogP contribution in [0.25, 0.3) is 44.8 Å². The van der Waals surface area contributed by atoms with Crippen molar-refractivity contribution in [2.75, 3.05) is 13.7 Å². The highest BCUT2D eigenvalue weighted by Crippen LogP contribution is 2.40. The molecule has 2 saturated carbocycles. The Balaban J connectivity index is 1.23. The largest absolute Gasteiger partial charge is 0.494 e. The molecule has 4 aromatic heterocycles. The summed E-state index contributed by atoms with van der Waals surface area (Å²) >= 11 is 0. The van der Waals surface area contributed by atoms with Crippen LogP contribution in [0.4, 0.5) is 4.39 Å². The fourth-order valence-corrected chi connectivity index (χ4v) is 7.24. The van der Waals surface area contributed by atoms with Gasteiger partial charge in [-0.1, -0.05) is 0 Å². The highest BCUT2D eigenvalue weighted by atomic mass is 19.1. The Labute approximate surface area is 258 Å². The van der Waals surface area contributed by atoms with Crippen molar-refractivity contribution in [2.24, 2.45) is 30.4 Å². The van der Waals surface area contributed by atoms with Crippen LogP contribution in [-0.4, -0.2) is 66.5 Å². The van der Waals surface area contributed by atoms with E-state index in [1.54, 1.807) is 19.2 Å². The number of hydrogen-bond donors (Lipinski definition) is 2. The fourth-order valence-electron chi connectivity index (χ4n) is 7.24. The lowest BCUT2D eigenvalue weighted by molar-refractivity contribution is 0.0700. The monoisotopic (exact) mass is 608 g/mol. The summed E-state index contributed by atoms with van der Waals surface area (Å²) in [5.74, 6) is 0.418. The number of likely N-dealkylation sites (tertiary alicyclic amines) is 1. The summed E-state index contributed by atoms with van der Waals surface area (Å²) in [6.07, 6.45) is 5.68. The maximum atomic E-state index is 14.6. The number of amides is 2. The Bertz CT molecular complexity index is 2050. The van der Waals surface area contributed by atoms with Crippen LogP contribution in [0.15, 0.2) is 42.6 Å². The van der Waals surface area contributed by atoms with Gasteiger partial charge >= 0.3 is 0 Å². The number of carbonyl (C=O) groups excluding carboxylic acids is 2. The number of imidazole rings is 1. The quantitative estimate of drug-likeness (QED) is 0.285. The van der Waals surface area contributed by atoms with Crippen LogP contribution >= 0.6 is 0 Å². The van der Waals surface area contributed by atoms with Crippen LogP contribution in [0.1, 0.15) is 46.5 Å². The van der Waals surface area contributed by atoms with Crippen molar-refractivity contribution in [3.8, 4) is 28.5 Å². The third-order valence-corrected chi connectivity index (χ3v) is 9.80. The summed E-state index contributed by atoms with van der Waals surface area (Å²) in [5.41, 5.74) is 15.8. The van der Waals surface area contributed by atoms with E-state index in [0.29, 0.717) is 52.3 Å². The van der Waals surface area contributed by atoms with Crippen LogP contribution in [0.3, 0.4) is 0 Å². The molecular weight excluding hydrogens is 575 g/mol. The number of aromatic nitrogens is 5. The number of aryl methyl sites for hydroxylation is 1. The molecule has 8 rings (SSSR count). The Hall–Kier alpha value is -4.84. The molecule has 45 heavy (non-hydrogen) atoms. The van der Waals surface area contributed by atoms with Crippen LogP contribution < -0.4 is 16.2 Å². The Morgan fingerprint density at radius 2 is 1.91 bits per heavy atom. The average molecular weight is 609 g/mol. The van der Waals surface area contributed by atoms with Crippen molar-refractivity contribution in [3.63, 3.8) is 0 Å². The number of halogens is 1. The molecule has 12 heteroatoms. The Morgan fingerprint density at radius 3 is 2.58 bits per heavy atom. The van der Waals surface area contributed by atoms with E-state index >= 15 is 0 Å². The first-order valence-electron chi connectivity index (χ1n) is 15.3. The van der Waals surface area contributed by atoms with E-state index in [0.717, 1.165) is 54.5 Å². The number of benzene rings is 1. The zero-order valence-electron chi connectivity index (χ0n) is 25.0. The molecule has 0 radical (unpaired) electrons. The number of methoxy groups -OCH3 is 1. The summed E-state index contributed by atoms with van der Waals surface area (Å²) in [6, 6.07) is 10.8. The molecule has 0 spiro atoms. The van der Waals surface area contributed by atoms with Gasteiger partial charge < -0.3 is 30.2 Å². The van der Waals surface area contributed by atoms with Crippen LogP contribution in [0, 0.1) is 17.7 Å². The van der Waals surface area contributed by atoms with Gasteiger partial charge in [0, 0.05) is 54.9 Å². The second-order valence-corrected chi connectivity index (χ2v) is 12.6. The number of rotatable bonds is 7. The number of ether oxygens (including phenoxy) is 1. The number of fused-ring (bicyclic) bond motifs is 4. The number of hydrogen-bond acceptors (Lipinski definition) is 7. The maximum Gasteiger partial charge on any atom is 0.270 e. The first kappa shape index (κ1) is 27.7. The molecule has 230 valence electrons. The van der Waals surface area contributed by atoms with Gasteiger partial charge in [0.2, 0.25) is 0 Å². The van der Waals surface area contributed by atoms with Gasteiger partial charge in [0.05, 0.1) is 24.0 Å². The molecule has 2 aliphatic carbocycles. The van der Waals surface area contributed by atoms with E-state index in [2.05, 4.69) is 15.6 Å². The zero-order valence-corrected chi connectivity index (χ0v) is 25.0. The van der Waals surface area contributed by atoms with Gasteiger partial charge in [0.25, 0.3) is 11.8 Å². The summed E-state index contributed by atoms with van der Waals surface area (Å²) in [5, 5.41) is 0.909. The number of pyridine rings is 2. The predicted molar refractivity (Wildman–Crippen MR) is 166 cm³/mol. The van der Waals surface area contributed by atoms with Gasteiger partial charge in [-0.15, -0.1) is 0 Å². The van der Waals surface area contributed by atoms with Crippen molar-refractivity contribution in [1.29, 1.82) is 0 Å². The lowest BCUT2D eigenvalue weighted by atomic mass is 10.1. The van der Waals surface area contributed by atoms with E-state index < -0.39 is 17.4 Å². The SMILES string of the molecule is COc1cc(C(=O)N2CC3CCC2[C@@H]3N)cc2nc(-c3cc4ccc(-c5cnc(C(N)=O)c(F)c5)nc4n3CC3CC3)n(C)c12. The third-order valence-electron chi connectivity index (χ3n) is 9.80. The minimum absolute atomic E-state index is 0.0355. The zero-order chi connectivity index (χ0) is 31.1. The first-order chi connectivity index (χ1) is 21.7. The van der Waals surface area contributed by atoms with Gasteiger partial charge in [-0.3, -0.25) is 9.59 Å². The minimum Gasteiger partial charge on any atom is -0.494 e. The predicted octanol–water partition coefficient (Wildman–Crippen LogP) is 3.87. The highest BCUT2D eigenvalue weighted by Gasteiger charge is 2.47. The maximum absolute atomic E-state index is 14.6. The molecule has 3 fully saturated rings. The van der Waals surface area contributed by atoms with E-state index in [1.807, 2.05) is 28.6 Å². The number of nitrogens with zero attached hydrogens (tertiary/aromatic N) is 6. The van der Waals surface area contributed by atoms with Gasteiger partial charge in [-0.25, -0.2) is 19.3 Å². The normalized spacial score (nSPS) is 20.9. The van der Waals surface area contributed by atoms with Crippen LogP contribution in [-0.2, 0) is 13.6 Å². The molecule has 5 heterocycles. The van der Waals surface area contributed by atoms with Crippen molar-refractivity contribution in [2.45, 2.75) is 44.3 Å². The molecule has 4 N–H and O–H groups in total. The molecule has 1 aliphatic heterocycles. The molecule has 5 aromatic rings. The average Bonchev–Trinajstić information content (AvgIpc) is 3.44. The molecule has 2 amide bonds. The fraction of sp³-hybridized carbons (Fsp3) is 0.364. The van der Waals surface area contributed by atoms with Gasteiger partial charge in [-0.2, -0.15) is 0 Å². The van der Waals surface area contributed by atoms with E-state index in [-0.39, 0.29) is 18.0 Å². The van der Waals surface area contributed by atoms with Crippen LogP contribution in [0.5, 0.6) is 5.75 Å². The second kappa shape index (κ2) is 10.1. The van der Waals surface area contributed by atoms with E-state index in [9.17, 15) is 14.0 Å². The number of carbonyl (C=O) groups is 2. The smallest absolute Gasteiger partial charge is 0.270 e. The Kier molecular flexibility index (Phi) is 6.21. The van der Waals surface area contributed by atoms with E-state index in [1.165, 1.54) is 12.3 Å². The number of piperidine rings is 1. The molecule has 2 bridgehead atoms. The standard InChI is InChI=1S/C33H33FN8O3/c1-40-29-23(10-19(12-26(29)45-2)33(44)42-15-18-6-8-24(42)27(18)35)39-32(40)25-11-17-5-7-22(38-31(17)41(25)14-16-3-4-16)20-9-21(34)28(30(36)43)37-13-20/h5,7,9-13,16,18,24,27H,3-4,6,8,14-15,35H2,1-2H3,(H2,36,43)/t18?,24?,27-/m1/s1. The van der Waals surface area contributed by atoms with Crippen LogP contribution in [0.2, 0.25) is 0 Å². The summed E-state index contributed by atoms with van der Waals surface area (Å²) in [6.45, 7) is 1.44. The topological polar surface area (TPSA) is 147 Å². The van der Waals surface area contributed by atoms with Gasteiger partial charge in [0.15, 0.2) is 17.3 Å². The molecule has 3 atom stereocenters. The third kappa shape index (κ3) is 4.38. The lowest BCUT2D eigenvalue weighted by Gasteiger charge is -2.27. The lowest BCUT2D eigenvalue weighted by Crippen LogP contribution is -2.41. The highest BCUT2D eigenvalue weighted by molar-refractivity contribution is 6.00. The minimum atomic E-state index is -0.923. The molecule has 11 nitrogen and oxygen atoms in total. The molecule has 2 unspecified atom stereocenters. The number of primary amides is 1. The summed E-state index contributed by atoms with van der Waals surface area (Å²) in [7, 11) is 3.55. The van der Waals surface area contributed by atoms with Crippen molar-refractivity contribution in [1.82, 2.24) is 29.0 Å². The van der Waals surface area contributed by atoms with Gasteiger partial charge in [-0.05, 0) is 73.9 Å². The second-order valence-electron chi connectivity index (χ2n) is 12.6. The molecule has 1 saturated heterocycles. The first-order valence-corrected chi connectivity index (χ1v) is 15.3. The molecule has 1 aromatic carbocycles. The Morgan fingerprint density at radius 1 is 1.09 bits per heavy atom.